The highest BCUT2D eigenvalue weighted by atomic mass is 16.2. The highest BCUT2D eigenvalue weighted by Gasteiger charge is 2.31. The van der Waals surface area contributed by atoms with Crippen LogP contribution in [0.15, 0.2) is 30.3 Å². The Morgan fingerprint density at radius 2 is 1.92 bits per heavy atom. The van der Waals surface area contributed by atoms with Crippen LogP contribution in [-0.4, -0.2) is 28.4 Å². The van der Waals surface area contributed by atoms with Crippen molar-refractivity contribution in [3.05, 3.63) is 35.9 Å². The summed E-state index contributed by atoms with van der Waals surface area (Å²) >= 11 is 0. The van der Waals surface area contributed by atoms with Crippen molar-refractivity contribution in [2.75, 3.05) is 12.3 Å². The van der Waals surface area contributed by atoms with E-state index in [0.717, 1.165) is 42.6 Å². The summed E-state index contributed by atoms with van der Waals surface area (Å²) in [5.41, 5.74) is 7.46. The predicted octanol–water partition coefficient (Wildman–Crippen LogP) is 4.39. The highest BCUT2D eigenvalue weighted by molar-refractivity contribution is 6.07. The smallest absolute Gasteiger partial charge is 0.254 e. The number of anilines is 1. The van der Waals surface area contributed by atoms with E-state index in [1.807, 2.05) is 24.3 Å². The van der Waals surface area contributed by atoms with Crippen LogP contribution in [0.25, 0.3) is 10.9 Å². The van der Waals surface area contributed by atoms with Gasteiger partial charge in [-0.1, -0.05) is 43.9 Å². The van der Waals surface area contributed by atoms with E-state index in [0.29, 0.717) is 17.4 Å². The zero-order chi connectivity index (χ0) is 17.2. The van der Waals surface area contributed by atoms with Gasteiger partial charge in [0, 0.05) is 18.0 Å². The van der Waals surface area contributed by atoms with E-state index in [4.69, 9.17) is 5.73 Å². The molecule has 1 aromatic carbocycles. The van der Waals surface area contributed by atoms with Crippen LogP contribution in [0.5, 0.6) is 0 Å². The molecule has 0 radical (unpaired) electrons. The number of benzene rings is 1. The van der Waals surface area contributed by atoms with Crippen LogP contribution in [0.4, 0.5) is 5.82 Å². The number of nitrogens with two attached hydrogens (primary N) is 1. The first-order chi connectivity index (χ1) is 12.2. The maximum atomic E-state index is 13.3. The SMILES string of the molecule is Nc1cc(C(=O)N2CCC[C@H]2CCC2CCCC2)c2ccccc2n1. The third-order valence-corrected chi connectivity index (χ3v) is 5.99. The van der Waals surface area contributed by atoms with Crippen molar-refractivity contribution in [1.82, 2.24) is 9.88 Å². The van der Waals surface area contributed by atoms with Gasteiger partial charge in [0.15, 0.2) is 0 Å². The third-order valence-electron chi connectivity index (χ3n) is 5.99. The summed E-state index contributed by atoms with van der Waals surface area (Å²) in [6.45, 7) is 0.866. The van der Waals surface area contributed by atoms with E-state index in [1.54, 1.807) is 6.07 Å². The second-order valence-corrected chi connectivity index (χ2v) is 7.63. The first-order valence-corrected chi connectivity index (χ1v) is 9.68. The minimum atomic E-state index is 0.124. The average molecular weight is 337 g/mol. The molecule has 2 aliphatic rings. The average Bonchev–Trinajstić information content (AvgIpc) is 3.30. The number of carbonyl (C=O) groups is 1. The lowest BCUT2D eigenvalue weighted by Gasteiger charge is -2.26. The van der Waals surface area contributed by atoms with Crippen molar-refractivity contribution in [3.63, 3.8) is 0 Å². The topological polar surface area (TPSA) is 59.2 Å². The van der Waals surface area contributed by atoms with E-state index in [-0.39, 0.29) is 5.91 Å². The lowest BCUT2D eigenvalue weighted by atomic mass is 9.97. The van der Waals surface area contributed by atoms with Crippen molar-refractivity contribution < 1.29 is 4.79 Å². The molecule has 1 aliphatic heterocycles. The molecular weight excluding hydrogens is 310 g/mol. The fraction of sp³-hybridized carbons (Fsp3) is 0.524. The Hall–Kier alpha value is -2.10. The molecule has 2 heterocycles. The van der Waals surface area contributed by atoms with Crippen LogP contribution in [0.1, 0.15) is 61.7 Å². The van der Waals surface area contributed by atoms with Crippen molar-refractivity contribution >= 4 is 22.6 Å². The molecule has 0 spiro atoms. The Labute approximate surface area is 149 Å². The maximum Gasteiger partial charge on any atom is 0.254 e. The van der Waals surface area contributed by atoms with Crippen LogP contribution in [0.2, 0.25) is 0 Å². The van der Waals surface area contributed by atoms with Gasteiger partial charge in [-0.3, -0.25) is 4.79 Å². The molecule has 1 amide bonds. The molecule has 1 saturated carbocycles. The zero-order valence-electron chi connectivity index (χ0n) is 14.8. The van der Waals surface area contributed by atoms with E-state index < -0.39 is 0 Å². The standard InChI is InChI=1S/C21H27N3O/c22-20-14-18(17-9-3-4-10-19(17)23-20)21(25)24-13-5-8-16(24)12-11-15-6-1-2-7-15/h3-4,9-10,14-16H,1-2,5-8,11-13H2,(H2,22,23)/t16-/m0/s1. The number of likely N-dealkylation sites (tertiary alicyclic amines) is 1. The van der Waals surface area contributed by atoms with Gasteiger partial charge in [-0.2, -0.15) is 0 Å². The predicted molar refractivity (Wildman–Crippen MR) is 101 cm³/mol. The van der Waals surface area contributed by atoms with Crippen LogP contribution in [0.3, 0.4) is 0 Å². The maximum absolute atomic E-state index is 13.3. The van der Waals surface area contributed by atoms with Gasteiger partial charge in [0.2, 0.25) is 0 Å². The molecule has 1 saturated heterocycles. The summed E-state index contributed by atoms with van der Waals surface area (Å²) in [4.78, 5) is 19.7. The zero-order valence-corrected chi connectivity index (χ0v) is 14.8. The summed E-state index contributed by atoms with van der Waals surface area (Å²) in [6, 6.07) is 9.92. The first-order valence-electron chi connectivity index (χ1n) is 9.68. The summed E-state index contributed by atoms with van der Waals surface area (Å²) in [5.74, 6) is 1.43. The van der Waals surface area contributed by atoms with Crippen LogP contribution < -0.4 is 5.73 Å². The number of carbonyl (C=O) groups excluding carboxylic acids is 1. The van der Waals surface area contributed by atoms with Gasteiger partial charge in [0.05, 0.1) is 11.1 Å². The number of aromatic nitrogens is 1. The number of nitrogens with zero attached hydrogens (tertiary/aromatic N) is 2. The highest BCUT2D eigenvalue weighted by Crippen LogP contribution is 2.32. The number of hydrogen-bond acceptors (Lipinski definition) is 3. The minimum absolute atomic E-state index is 0.124. The Bertz CT molecular complexity index is 767. The van der Waals surface area contributed by atoms with Crippen LogP contribution in [-0.2, 0) is 0 Å². The summed E-state index contributed by atoms with van der Waals surface area (Å²) in [7, 11) is 0. The van der Waals surface area contributed by atoms with Gasteiger partial charge in [0.25, 0.3) is 5.91 Å². The van der Waals surface area contributed by atoms with Crippen LogP contribution in [0, 0.1) is 5.92 Å². The Balaban J connectivity index is 1.55. The van der Waals surface area contributed by atoms with E-state index in [1.165, 1.54) is 32.1 Å². The molecule has 2 N–H and O–H groups in total. The summed E-state index contributed by atoms with van der Waals surface area (Å²) in [5, 5.41) is 0.906. The van der Waals surface area contributed by atoms with Crippen molar-refractivity contribution in [2.45, 2.75) is 57.4 Å². The van der Waals surface area contributed by atoms with E-state index >= 15 is 0 Å². The fourth-order valence-corrected chi connectivity index (χ4v) is 4.66. The number of amides is 1. The number of nitrogen functional groups attached to an aromatic ring is 1. The second-order valence-electron chi connectivity index (χ2n) is 7.63. The Morgan fingerprint density at radius 1 is 1.12 bits per heavy atom. The molecule has 1 atom stereocenters. The normalized spacial score (nSPS) is 21.3. The van der Waals surface area contributed by atoms with Gasteiger partial charge in [-0.15, -0.1) is 0 Å². The van der Waals surface area contributed by atoms with Crippen LogP contribution >= 0.6 is 0 Å². The first kappa shape index (κ1) is 16.4. The van der Waals surface area contributed by atoms with Gasteiger partial charge < -0.3 is 10.6 Å². The molecule has 4 rings (SSSR count). The lowest BCUT2D eigenvalue weighted by Crippen LogP contribution is -2.36. The molecule has 1 aromatic heterocycles. The molecular formula is C21H27N3O. The summed E-state index contributed by atoms with van der Waals surface area (Å²) < 4.78 is 0. The molecule has 132 valence electrons. The minimum Gasteiger partial charge on any atom is -0.384 e. The molecule has 1 aliphatic carbocycles. The Morgan fingerprint density at radius 3 is 2.76 bits per heavy atom. The quantitative estimate of drug-likeness (QED) is 0.900. The molecule has 4 heteroatoms. The number of rotatable bonds is 4. The van der Waals surface area contributed by atoms with Gasteiger partial charge in [0.1, 0.15) is 5.82 Å². The van der Waals surface area contributed by atoms with Gasteiger partial charge >= 0.3 is 0 Å². The van der Waals surface area contributed by atoms with E-state index in [9.17, 15) is 4.79 Å². The molecule has 25 heavy (non-hydrogen) atoms. The second kappa shape index (κ2) is 7.03. The molecule has 0 unspecified atom stereocenters. The number of para-hydroxylation sites is 1. The van der Waals surface area contributed by atoms with Crippen molar-refractivity contribution in [1.29, 1.82) is 0 Å². The Kier molecular flexibility index (Phi) is 4.60. The molecule has 0 bridgehead atoms. The number of hydrogen-bond donors (Lipinski definition) is 1. The van der Waals surface area contributed by atoms with Crippen molar-refractivity contribution in [2.24, 2.45) is 5.92 Å². The van der Waals surface area contributed by atoms with E-state index in [2.05, 4.69) is 9.88 Å². The molecule has 4 nitrogen and oxygen atoms in total. The summed E-state index contributed by atoms with van der Waals surface area (Å²) in [6.07, 6.45) is 10.2. The molecule has 2 aromatic rings. The number of pyridine rings is 1. The molecule has 2 fully saturated rings. The number of fused-ring (bicyclic) bond motifs is 1. The lowest BCUT2D eigenvalue weighted by molar-refractivity contribution is 0.0727. The van der Waals surface area contributed by atoms with Crippen molar-refractivity contribution in [3.8, 4) is 0 Å². The fourth-order valence-electron chi connectivity index (χ4n) is 4.66. The van der Waals surface area contributed by atoms with Gasteiger partial charge in [-0.25, -0.2) is 4.98 Å². The third kappa shape index (κ3) is 3.35. The van der Waals surface area contributed by atoms with Gasteiger partial charge in [-0.05, 0) is 43.7 Å². The largest absolute Gasteiger partial charge is 0.384 e. The monoisotopic (exact) mass is 337 g/mol.